The van der Waals surface area contributed by atoms with Gasteiger partial charge in [-0.15, -0.1) is 0 Å². The Kier molecular flexibility index (Phi) is 62.4. The van der Waals surface area contributed by atoms with Gasteiger partial charge in [0.1, 0.15) is 0 Å². The van der Waals surface area contributed by atoms with Crippen LogP contribution in [0.2, 0.25) is 0 Å². The predicted molar refractivity (Wildman–Crippen MR) is 363 cm³/mol. The number of ether oxygens (including phenoxy) is 4. The molecular weight excluding hydrogens is 1070 g/mol. The van der Waals surface area contributed by atoms with Crippen molar-refractivity contribution in [2.75, 3.05) is 105 Å². The third-order valence-electron chi connectivity index (χ3n) is 17.9. The Morgan fingerprint density at radius 2 is 0.419 bits per heavy atom. The van der Waals surface area contributed by atoms with Gasteiger partial charge in [0.2, 0.25) is 0 Å². The van der Waals surface area contributed by atoms with E-state index >= 15 is 0 Å². The average Bonchev–Trinajstić information content (AvgIpc) is 3.58. The number of hydrogen-bond donors (Lipinski definition) is 0. The molecular formula is C74H144N4O8. The monoisotopic (exact) mass is 1220 g/mol. The van der Waals surface area contributed by atoms with Crippen LogP contribution in [0.5, 0.6) is 0 Å². The average molecular weight is 1220 g/mol. The van der Waals surface area contributed by atoms with Crippen LogP contribution in [0.25, 0.3) is 0 Å². The third-order valence-corrected chi connectivity index (χ3v) is 17.9. The Morgan fingerprint density at radius 1 is 0.244 bits per heavy atom. The third kappa shape index (κ3) is 58.1. The number of rotatable bonds is 68. The van der Waals surface area contributed by atoms with Gasteiger partial charge in [0.05, 0.1) is 52.1 Å². The maximum atomic E-state index is 12.9. The Bertz CT molecular complexity index is 1270. The Morgan fingerprint density at radius 3 is 0.605 bits per heavy atom. The molecule has 1 heterocycles. The van der Waals surface area contributed by atoms with E-state index in [1.807, 2.05) is 0 Å². The minimum Gasteiger partial charge on any atom is -0.466 e. The lowest BCUT2D eigenvalue weighted by atomic mass is 10.1. The van der Waals surface area contributed by atoms with E-state index in [2.05, 4.69) is 47.3 Å². The van der Waals surface area contributed by atoms with Gasteiger partial charge >= 0.3 is 23.9 Å². The first-order chi connectivity index (χ1) is 42.3. The number of unbranched alkanes of at least 4 members (excludes halogenated alkanes) is 40. The van der Waals surface area contributed by atoms with Crippen molar-refractivity contribution in [3.8, 4) is 0 Å². The minimum absolute atomic E-state index is 0.138. The molecule has 0 aromatic carbocycles. The number of carbonyl (C=O) groups excluding carboxylic acids is 4. The molecule has 1 aliphatic rings. The second-order valence-corrected chi connectivity index (χ2v) is 26.1. The molecule has 0 aromatic heterocycles. The van der Waals surface area contributed by atoms with Gasteiger partial charge in [0.15, 0.2) is 0 Å². The zero-order valence-corrected chi connectivity index (χ0v) is 57.7. The highest BCUT2D eigenvalue weighted by atomic mass is 16.5. The summed E-state index contributed by atoms with van der Waals surface area (Å²) in [7, 11) is 0. The van der Waals surface area contributed by atoms with E-state index in [9.17, 15) is 19.2 Å². The van der Waals surface area contributed by atoms with E-state index in [1.165, 1.54) is 231 Å². The van der Waals surface area contributed by atoms with Gasteiger partial charge < -0.3 is 38.5 Å². The summed E-state index contributed by atoms with van der Waals surface area (Å²) in [5, 5.41) is 0. The van der Waals surface area contributed by atoms with Gasteiger partial charge in [0.25, 0.3) is 0 Å². The van der Waals surface area contributed by atoms with Crippen molar-refractivity contribution >= 4 is 23.9 Å². The van der Waals surface area contributed by atoms with Crippen molar-refractivity contribution in [1.82, 2.24) is 19.6 Å². The molecule has 1 saturated heterocycles. The highest BCUT2D eigenvalue weighted by molar-refractivity contribution is 5.71. The fraction of sp³-hybridized carbons (Fsp3) is 0.946. The van der Waals surface area contributed by atoms with Crippen LogP contribution >= 0.6 is 0 Å². The predicted octanol–water partition coefficient (Wildman–Crippen LogP) is 19.0. The van der Waals surface area contributed by atoms with Crippen LogP contribution in [-0.2, 0) is 38.1 Å². The molecule has 0 N–H and O–H groups in total. The van der Waals surface area contributed by atoms with Crippen LogP contribution in [0.4, 0.5) is 0 Å². The van der Waals surface area contributed by atoms with Crippen molar-refractivity contribution in [1.29, 1.82) is 0 Å². The fourth-order valence-corrected chi connectivity index (χ4v) is 12.0. The summed E-state index contributed by atoms with van der Waals surface area (Å²) < 4.78 is 22.8. The lowest BCUT2D eigenvalue weighted by Gasteiger charge is -2.35. The smallest absolute Gasteiger partial charge is 0.307 e. The van der Waals surface area contributed by atoms with E-state index in [-0.39, 0.29) is 23.9 Å². The van der Waals surface area contributed by atoms with E-state index in [0.29, 0.717) is 78.3 Å². The number of nitrogens with zero attached hydrogens (tertiary/aromatic N) is 4. The first-order valence-electron chi connectivity index (χ1n) is 37.8. The van der Waals surface area contributed by atoms with Gasteiger partial charge in [-0.05, 0) is 64.7 Å². The zero-order valence-electron chi connectivity index (χ0n) is 57.7. The molecule has 12 heteroatoms. The number of carbonyl (C=O) groups is 4. The van der Waals surface area contributed by atoms with E-state index < -0.39 is 0 Å². The standard InChI is InChI=1S/C74H144N4O8/c1-5-9-13-17-21-25-29-33-37-41-45-67-83-71(79)51-59-75(60-52-72(80)84-68-46-42-38-34-30-26-22-18-14-10-6-2)55-49-57-77-63-65-78(66-64-77)58-50-56-76(61-53-73(81)85-69-47-43-39-35-31-27-23-19-15-11-7-3)62-54-74(82)86-70-48-44-40-36-32-28-24-20-16-12-8-4/h5-70H2,1-4H3. The molecule has 0 aliphatic carbocycles. The lowest BCUT2D eigenvalue weighted by molar-refractivity contribution is -0.146. The van der Waals surface area contributed by atoms with Crippen molar-refractivity contribution in [2.24, 2.45) is 0 Å². The quantitative estimate of drug-likeness (QED) is 0.0328. The van der Waals surface area contributed by atoms with Gasteiger partial charge in [0, 0.05) is 52.4 Å². The van der Waals surface area contributed by atoms with Gasteiger partial charge in [-0.2, -0.15) is 0 Å². The fourth-order valence-electron chi connectivity index (χ4n) is 12.0. The van der Waals surface area contributed by atoms with Crippen molar-refractivity contribution in [3.05, 3.63) is 0 Å². The van der Waals surface area contributed by atoms with Crippen LogP contribution in [0, 0.1) is 0 Å². The summed E-state index contributed by atoms with van der Waals surface area (Å²) in [6, 6.07) is 0. The molecule has 0 aromatic rings. The molecule has 86 heavy (non-hydrogen) atoms. The Labute approximate surface area is 533 Å². The van der Waals surface area contributed by atoms with Crippen LogP contribution in [0.15, 0.2) is 0 Å². The van der Waals surface area contributed by atoms with Crippen molar-refractivity contribution < 1.29 is 38.1 Å². The Balaban J connectivity index is 2.58. The second kappa shape index (κ2) is 65.7. The lowest BCUT2D eigenvalue weighted by Crippen LogP contribution is -2.47. The largest absolute Gasteiger partial charge is 0.466 e. The summed E-state index contributed by atoms with van der Waals surface area (Å²) in [6.07, 6.45) is 59.1. The van der Waals surface area contributed by atoms with Crippen molar-refractivity contribution in [2.45, 2.75) is 349 Å². The van der Waals surface area contributed by atoms with Crippen molar-refractivity contribution in [3.63, 3.8) is 0 Å². The summed E-state index contributed by atoms with van der Waals surface area (Å²) in [4.78, 5) is 61.3. The highest BCUT2D eigenvalue weighted by Crippen LogP contribution is 2.17. The molecule has 1 aliphatic heterocycles. The molecule has 1 rings (SSSR count). The van der Waals surface area contributed by atoms with Crippen LogP contribution in [0.1, 0.15) is 349 Å². The number of piperazine rings is 1. The first-order valence-corrected chi connectivity index (χ1v) is 37.8. The maximum Gasteiger partial charge on any atom is 0.307 e. The molecule has 0 spiro atoms. The normalized spacial score (nSPS) is 13.1. The molecule has 12 nitrogen and oxygen atoms in total. The summed E-state index contributed by atoms with van der Waals surface area (Å²) in [6.45, 7) is 21.1. The van der Waals surface area contributed by atoms with Gasteiger partial charge in [-0.25, -0.2) is 0 Å². The number of esters is 4. The topological polar surface area (TPSA) is 118 Å². The maximum absolute atomic E-state index is 12.9. The number of hydrogen-bond acceptors (Lipinski definition) is 12. The Hall–Kier alpha value is -2.28. The first kappa shape index (κ1) is 81.7. The van der Waals surface area contributed by atoms with E-state index in [4.69, 9.17) is 18.9 Å². The molecule has 0 saturated carbocycles. The second-order valence-electron chi connectivity index (χ2n) is 26.1. The minimum atomic E-state index is -0.138. The molecule has 0 atom stereocenters. The van der Waals surface area contributed by atoms with E-state index in [1.54, 1.807) is 0 Å². The molecule has 0 bridgehead atoms. The van der Waals surface area contributed by atoms with E-state index in [0.717, 1.165) is 117 Å². The SMILES string of the molecule is CCCCCCCCCCCCCOC(=O)CCN(CCCN1CCN(CCCN(CCC(=O)OCCCCCCCCCCCCC)CCC(=O)OCCCCCCCCCCCCC)CC1)CCC(=O)OCCCCCCCCCCCCC. The van der Waals surface area contributed by atoms with Crippen LogP contribution in [-0.4, -0.2) is 148 Å². The zero-order chi connectivity index (χ0) is 62.1. The molecule has 0 unspecified atom stereocenters. The summed E-state index contributed by atoms with van der Waals surface area (Å²) in [5.74, 6) is -0.554. The van der Waals surface area contributed by atoms with Crippen LogP contribution in [0.3, 0.4) is 0 Å². The summed E-state index contributed by atoms with van der Waals surface area (Å²) in [5.41, 5.74) is 0. The highest BCUT2D eigenvalue weighted by Gasteiger charge is 2.19. The molecule has 1 fully saturated rings. The van der Waals surface area contributed by atoms with Gasteiger partial charge in [-0.3, -0.25) is 19.2 Å². The van der Waals surface area contributed by atoms with Gasteiger partial charge in [-0.1, -0.05) is 285 Å². The van der Waals surface area contributed by atoms with Crippen LogP contribution < -0.4 is 0 Å². The molecule has 0 amide bonds. The summed E-state index contributed by atoms with van der Waals surface area (Å²) >= 11 is 0. The molecule has 508 valence electrons. The molecule has 0 radical (unpaired) electrons.